The zero-order chi connectivity index (χ0) is 48.3. The van der Waals surface area contributed by atoms with Crippen molar-refractivity contribution in [1.29, 1.82) is 0 Å². The van der Waals surface area contributed by atoms with E-state index in [4.69, 9.17) is 21.8 Å². The lowest BCUT2D eigenvalue weighted by Gasteiger charge is -2.34. The van der Waals surface area contributed by atoms with Crippen LogP contribution in [0.15, 0.2) is 230 Å². The van der Waals surface area contributed by atoms with Gasteiger partial charge in [-0.2, -0.15) is 0 Å². The predicted molar refractivity (Wildman–Crippen MR) is 273 cm³/mol. The lowest BCUT2D eigenvalue weighted by molar-refractivity contribution is 0.769. The van der Waals surface area contributed by atoms with Crippen LogP contribution in [0.25, 0.3) is 78.7 Å². The van der Waals surface area contributed by atoms with Crippen molar-refractivity contribution in [3.8, 4) is 78.7 Å². The van der Waals surface area contributed by atoms with Crippen molar-refractivity contribution in [1.82, 2.24) is 15.0 Å². The first kappa shape index (κ1) is 34.7. The molecule has 310 valence electrons. The monoisotopic (exact) mass is 854 g/mol. The first-order valence-electron chi connectivity index (χ1n) is 24.5. The quantitative estimate of drug-likeness (QED) is 0.136. The summed E-state index contributed by atoms with van der Waals surface area (Å²) >= 11 is 0. The van der Waals surface area contributed by atoms with Gasteiger partial charge in [-0.05, 0) is 91.0 Å². The largest absolute Gasteiger partial charge is 0.208 e. The zero-order valence-corrected chi connectivity index (χ0v) is 37.4. The molecule has 0 saturated heterocycles. The normalized spacial score (nSPS) is 13.7. The molecule has 0 atom stereocenters. The van der Waals surface area contributed by atoms with E-state index in [1.165, 1.54) is 38.6 Å². The Bertz CT molecular complexity index is 3580. The molecule has 0 unspecified atom stereocenters. The topological polar surface area (TPSA) is 38.7 Å². The van der Waals surface area contributed by atoms with Crippen LogP contribution in [0.5, 0.6) is 0 Å². The van der Waals surface area contributed by atoms with Crippen LogP contribution in [0.3, 0.4) is 0 Å². The Balaban J connectivity index is 0.978. The van der Waals surface area contributed by atoms with Crippen LogP contribution < -0.4 is 5.19 Å². The van der Waals surface area contributed by atoms with Crippen molar-refractivity contribution in [2.75, 3.05) is 0 Å². The summed E-state index contributed by atoms with van der Waals surface area (Å²) in [5, 5.41) is 1.28. The summed E-state index contributed by atoms with van der Waals surface area (Å²) in [5.41, 5.74) is 14.7. The molecule has 11 rings (SSSR count). The molecule has 0 radical (unpaired) electrons. The maximum absolute atomic E-state index is 8.79. The van der Waals surface area contributed by atoms with Gasteiger partial charge in [0.05, 0.1) is 20.3 Å². The lowest BCUT2D eigenvalue weighted by atomic mass is 9.67. The van der Waals surface area contributed by atoms with Gasteiger partial charge in [0.1, 0.15) is 0 Å². The highest BCUT2D eigenvalue weighted by molar-refractivity contribution is 6.88. The van der Waals surface area contributed by atoms with Gasteiger partial charge in [-0.15, -0.1) is 0 Å². The number of benzene rings is 9. The standard InChI is InChI=1S/C61H47N3Si/c1-65(2,3)53-35-32-43(33-36-53)59-62-58(42-18-7-4-8-19-42)63-60(64-59)50-25-17-24-48(40-50)46-22-15-20-44(38-46)45-21-16-23-47(39-45)49-34-37-55-54-30-13-14-31-56(54)61(57(55)41-49,51-26-9-5-10-27-51)52-28-11-6-12-29-52/h4-41H,1-3H3/i4D,7D,8D,18D,19D. The Labute approximate surface area is 389 Å². The van der Waals surface area contributed by atoms with Crippen LogP contribution in [0, 0.1) is 0 Å². The minimum absolute atomic E-state index is 0.0114. The molecule has 1 aliphatic carbocycles. The van der Waals surface area contributed by atoms with Gasteiger partial charge in [0.2, 0.25) is 0 Å². The summed E-state index contributed by atoms with van der Waals surface area (Å²) in [6.45, 7) is 6.86. The second-order valence-corrected chi connectivity index (χ2v) is 22.7. The molecule has 9 aromatic carbocycles. The highest BCUT2D eigenvalue weighted by Crippen LogP contribution is 2.56. The maximum Gasteiger partial charge on any atom is 0.164 e. The molecule has 0 spiro atoms. The molecule has 4 heteroatoms. The molecule has 10 aromatic rings. The van der Waals surface area contributed by atoms with Crippen LogP contribution in [0.1, 0.15) is 29.1 Å². The highest BCUT2D eigenvalue weighted by atomic mass is 28.3. The Hall–Kier alpha value is -7.79. The average molecular weight is 855 g/mol. The molecule has 65 heavy (non-hydrogen) atoms. The van der Waals surface area contributed by atoms with Crippen molar-refractivity contribution in [3.05, 3.63) is 253 Å². The highest BCUT2D eigenvalue weighted by Gasteiger charge is 2.46. The van der Waals surface area contributed by atoms with Gasteiger partial charge < -0.3 is 0 Å². The van der Waals surface area contributed by atoms with Crippen molar-refractivity contribution in [2.45, 2.75) is 25.1 Å². The SMILES string of the molecule is [2H]c1c([2H])c([2H])c(-c2nc(-c3ccc([Si](C)(C)C)cc3)nc(-c3cccc(-c4cccc(-c5cccc(-c6ccc7c(c6)C(c6ccccc6)(c6ccccc6)c6ccccc6-7)c5)c4)c3)n2)c([2H])c1[2H]. The molecular weight excluding hydrogens is 803 g/mol. The maximum atomic E-state index is 8.79. The molecular formula is C61H47N3Si. The van der Waals surface area contributed by atoms with Crippen molar-refractivity contribution in [3.63, 3.8) is 0 Å². The van der Waals surface area contributed by atoms with Gasteiger partial charge in [0.25, 0.3) is 0 Å². The number of rotatable bonds is 9. The number of aromatic nitrogens is 3. The fourth-order valence-corrected chi connectivity index (χ4v) is 10.6. The zero-order valence-electron chi connectivity index (χ0n) is 41.4. The van der Waals surface area contributed by atoms with E-state index in [0.29, 0.717) is 17.2 Å². The van der Waals surface area contributed by atoms with Crippen molar-refractivity contribution >= 4 is 13.3 Å². The van der Waals surface area contributed by atoms with Crippen LogP contribution in [-0.2, 0) is 5.41 Å². The summed E-state index contributed by atoms with van der Waals surface area (Å²) in [6, 6.07) is 68.8. The fraction of sp³-hybridized carbons (Fsp3) is 0.0656. The number of nitrogens with zero attached hydrogens (tertiary/aromatic N) is 3. The van der Waals surface area contributed by atoms with Gasteiger partial charge >= 0.3 is 0 Å². The number of hydrogen-bond acceptors (Lipinski definition) is 3. The van der Waals surface area contributed by atoms with Crippen molar-refractivity contribution < 1.29 is 6.85 Å². The van der Waals surface area contributed by atoms with E-state index < -0.39 is 31.6 Å². The van der Waals surface area contributed by atoms with E-state index in [1.807, 2.05) is 30.3 Å². The van der Waals surface area contributed by atoms with Gasteiger partial charge in [-0.1, -0.05) is 231 Å². The Morgan fingerprint density at radius 2 is 0.785 bits per heavy atom. The van der Waals surface area contributed by atoms with E-state index in [0.717, 1.165) is 38.9 Å². The third-order valence-electron chi connectivity index (χ3n) is 12.7. The van der Waals surface area contributed by atoms with Crippen LogP contribution >= 0.6 is 0 Å². The van der Waals surface area contributed by atoms with Gasteiger partial charge in [0, 0.05) is 16.7 Å². The summed E-state index contributed by atoms with van der Waals surface area (Å²) in [4.78, 5) is 14.5. The Morgan fingerprint density at radius 1 is 0.354 bits per heavy atom. The second-order valence-electron chi connectivity index (χ2n) is 17.7. The molecule has 1 heterocycles. The molecule has 3 nitrogen and oxygen atoms in total. The first-order valence-corrected chi connectivity index (χ1v) is 25.5. The minimum Gasteiger partial charge on any atom is -0.208 e. The van der Waals surface area contributed by atoms with Gasteiger partial charge in [-0.3, -0.25) is 0 Å². The third-order valence-corrected chi connectivity index (χ3v) is 14.7. The van der Waals surface area contributed by atoms with E-state index in [2.05, 4.69) is 189 Å². The average Bonchev–Trinajstić information content (AvgIpc) is 3.70. The second kappa shape index (κ2) is 16.4. The summed E-state index contributed by atoms with van der Waals surface area (Å²) in [6.07, 6.45) is 0. The van der Waals surface area contributed by atoms with Gasteiger partial charge in [0.15, 0.2) is 17.5 Å². The molecule has 0 fully saturated rings. The predicted octanol–water partition coefficient (Wildman–Crippen LogP) is 14.8. The fourth-order valence-electron chi connectivity index (χ4n) is 9.45. The summed E-state index contributed by atoms with van der Waals surface area (Å²) in [5.74, 6) is 0.685. The Kier molecular flexibility index (Phi) is 8.75. The summed E-state index contributed by atoms with van der Waals surface area (Å²) in [7, 11) is -1.60. The Morgan fingerprint density at radius 3 is 1.34 bits per heavy atom. The van der Waals surface area contributed by atoms with E-state index >= 15 is 0 Å². The van der Waals surface area contributed by atoms with Crippen molar-refractivity contribution in [2.24, 2.45) is 0 Å². The van der Waals surface area contributed by atoms with Gasteiger partial charge in [-0.25, -0.2) is 15.0 Å². The number of fused-ring (bicyclic) bond motifs is 3. The van der Waals surface area contributed by atoms with Crippen LogP contribution in [0.2, 0.25) is 19.6 Å². The molecule has 0 bridgehead atoms. The lowest BCUT2D eigenvalue weighted by Crippen LogP contribution is -2.37. The molecule has 0 amide bonds. The molecule has 1 aliphatic rings. The minimum atomic E-state index is -1.60. The molecule has 0 aliphatic heterocycles. The van der Waals surface area contributed by atoms with E-state index in [1.54, 1.807) is 0 Å². The van der Waals surface area contributed by atoms with Crippen LogP contribution in [-0.4, -0.2) is 23.0 Å². The molecule has 1 aromatic heterocycles. The molecule has 0 N–H and O–H groups in total. The summed E-state index contributed by atoms with van der Waals surface area (Å²) < 4.78 is 42.6. The van der Waals surface area contributed by atoms with E-state index in [9.17, 15) is 0 Å². The first-order chi connectivity index (χ1) is 33.9. The van der Waals surface area contributed by atoms with E-state index in [-0.39, 0.29) is 23.5 Å². The van der Waals surface area contributed by atoms with Crippen LogP contribution in [0.4, 0.5) is 0 Å². The molecule has 0 saturated carbocycles. The third kappa shape index (κ3) is 7.32. The number of hydrogen-bond donors (Lipinski definition) is 0. The smallest absolute Gasteiger partial charge is 0.164 e.